The molecule has 26 heavy (non-hydrogen) atoms. The first-order valence-corrected chi connectivity index (χ1v) is 9.07. The quantitative estimate of drug-likeness (QED) is 0.902. The lowest BCUT2D eigenvalue weighted by atomic mass is 10.1. The molecule has 1 N–H and O–H groups in total. The predicted molar refractivity (Wildman–Crippen MR) is 104 cm³/mol. The molecule has 2 aromatic carbocycles. The van der Waals surface area contributed by atoms with Crippen molar-refractivity contribution in [2.75, 3.05) is 42.9 Å². The molecule has 1 fully saturated rings. The minimum atomic E-state index is 0.0483. The second-order valence-electron chi connectivity index (χ2n) is 6.48. The van der Waals surface area contributed by atoms with E-state index in [0.717, 1.165) is 56.1 Å². The average Bonchev–Trinajstić information content (AvgIpc) is 2.93. The van der Waals surface area contributed by atoms with Gasteiger partial charge in [0.1, 0.15) is 6.07 Å². The van der Waals surface area contributed by atoms with Gasteiger partial charge in [0.15, 0.2) is 0 Å². The van der Waals surface area contributed by atoms with E-state index in [1.165, 1.54) is 0 Å². The molecule has 0 bridgehead atoms. The number of carbonyl (C=O) groups is 1. The van der Waals surface area contributed by atoms with Gasteiger partial charge in [0.05, 0.1) is 11.3 Å². The highest BCUT2D eigenvalue weighted by molar-refractivity contribution is 5.90. The van der Waals surface area contributed by atoms with E-state index >= 15 is 0 Å². The van der Waals surface area contributed by atoms with E-state index in [4.69, 9.17) is 0 Å². The van der Waals surface area contributed by atoms with Crippen molar-refractivity contribution in [2.45, 2.75) is 12.8 Å². The molecular formula is C21H24N4O. The van der Waals surface area contributed by atoms with Gasteiger partial charge < -0.3 is 15.1 Å². The van der Waals surface area contributed by atoms with Crippen molar-refractivity contribution in [1.82, 2.24) is 4.90 Å². The fourth-order valence-corrected chi connectivity index (χ4v) is 3.28. The summed E-state index contributed by atoms with van der Waals surface area (Å²) in [5.74, 6) is 0.0483. The third-order valence-corrected chi connectivity index (χ3v) is 4.67. The number of benzene rings is 2. The molecular weight excluding hydrogens is 324 g/mol. The Morgan fingerprint density at radius 3 is 2.58 bits per heavy atom. The highest BCUT2D eigenvalue weighted by atomic mass is 16.1. The van der Waals surface area contributed by atoms with Gasteiger partial charge in [-0.2, -0.15) is 5.26 Å². The molecule has 1 amide bonds. The smallest absolute Gasteiger partial charge is 0.225 e. The molecule has 1 aliphatic heterocycles. The molecule has 134 valence electrons. The fourth-order valence-electron chi connectivity index (χ4n) is 3.28. The molecule has 3 rings (SSSR count). The number of nitrogens with zero attached hydrogens (tertiary/aromatic N) is 3. The third-order valence-electron chi connectivity index (χ3n) is 4.67. The van der Waals surface area contributed by atoms with Gasteiger partial charge in [0.2, 0.25) is 5.91 Å². The van der Waals surface area contributed by atoms with Crippen LogP contribution in [0.4, 0.5) is 11.4 Å². The highest BCUT2D eigenvalue weighted by Crippen LogP contribution is 2.21. The van der Waals surface area contributed by atoms with Crippen molar-refractivity contribution >= 4 is 17.3 Å². The van der Waals surface area contributed by atoms with Crippen LogP contribution in [0.5, 0.6) is 0 Å². The molecule has 0 saturated carbocycles. The van der Waals surface area contributed by atoms with E-state index in [9.17, 15) is 10.1 Å². The van der Waals surface area contributed by atoms with Gasteiger partial charge in [-0.25, -0.2) is 0 Å². The van der Waals surface area contributed by atoms with Crippen LogP contribution in [0, 0.1) is 11.3 Å². The highest BCUT2D eigenvalue weighted by Gasteiger charge is 2.17. The largest absolute Gasteiger partial charge is 0.369 e. The lowest BCUT2D eigenvalue weighted by molar-refractivity contribution is -0.116. The van der Waals surface area contributed by atoms with Crippen LogP contribution >= 0.6 is 0 Å². The topological polar surface area (TPSA) is 59.4 Å². The standard InChI is InChI=1S/C21H24N4O/c22-17-18-7-4-5-10-20(18)25-13-6-12-24(15-16-25)14-11-21(26)23-19-8-2-1-3-9-19/h1-5,7-10H,6,11-16H2,(H,23,26). The molecule has 5 nitrogen and oxygen atoms in total. The van der Waals surface area contributed by atoms with E-state index in [-0.39, 0.29) is 5.91 Å². The van der Waals surface area contributed by atoms with Crippen molar-refractivity contribution in [1.29, 1.82) is 5.26 Å². The number of amides is 1. The number of hydrogen-bond donors (Lipinski definition) is 1. The van der Waals surface area contributed by atoms with Crippen LogP contribution in [0.3, 0.4) is 0 Å². The molecule has 0 radical (unpaired) electrons. The first kappa shape index (κ1) is 18.0. The molecule has 0 atom stereocenters. The maximum atomic E-state index is 12.1. The van der Waals surface area contributed by atoms with Crippen LogP contribution in [0.1, 0.15) is 18.4 Å². The summed E-state index contributed by atoms with van der Waals surface area (Å²) >= 11 is 0. The molecule has 2 aromatic rings. The van der Waals surface area contributed by atoms with E-state index < -0.39 is 0 Å². The predicted octanol–water partition coefficient (Wildman–Crippen LogP) is 3.10. The minimum Gasteiger partial charge on any atom is -0.369 e. The van der Waals surface area contributed by atoms with Crippen molar-refractivity contribution in [3.63, 3.8) is 0 Å². The van der Waals surface area contributed by atoms with Crippen molar-refractivity contribution in [2.24, 2.45) is 0 Å². The Kier molecular flexibility index (Phi) is 6.24. The monoisotopic (exact) mass is 348 g/mol. The zero-order chi connectivity index (χ0) is 18.2. The van der Waals surface area contributed by atoms with Gasteiger partial charge in [-0.15, -0.1) is 0 Å². The third kappa shape index (κ3) is 4.84. The maximum Gasteiger partial charge on any atom is 0.225 e. The summed E-state index contributed by atoms with van der Waals surface area (Å²) in [6, 6.07) is 19.6. The molecule has 0 unspecified atom stereocenters. The lowest BCUT2D eigenvalue weighted by Gasteiger charge is -2.24. The fraction of sp³-hybridized carbons (Fsp3) is 0.333. The molecule has 1 heterocycles. The Bertz CT molecular complexity index is 769. The Labute approximate surface area is 154 Å². The average molecular weight is 348 g/mol. The maximum absolute atomic E-state index is 12.1. The Morgan fingerprint density at radius 2 is 1.77 bits per heavy atom. The summed E-state index contributed by atoms with van der Waals surface area (Å²) in [6.45, 7) is 4.44. The van der Waals surface area contributed by atoms with Crippen LogP contribution in [0.2, 0.25) is 0 Å². The Balaban J connectivity index is 1.49. The molecule has 0 aromatic heterocycles. The zero-order valence-corrected chi connectivity index (χ0v) is 14.9. The summed E-state index contributed by atoms with van der Waals surface area (Å²) in [7, 11) is 0. The number of carbonyl (C=O) groups excluding carboxylic acids is 1. The van der Waals surface area contributed by atoms with E-state index in [2.05, 4.69) is 21.2 Å². The summed E-state index contributed by atoms with van der Waals surface area (Å²) in [6.07, 6.45) is 1.52. The number of para-hydroxylation sites is 2. The minimum absolute atomic E-state index is 0.0483. The number of nitriles is 1. The van der Waals surface area contributed by atoms with Crippen LogP contribution in [0.25, 0.3) is 0 Å². The van der Waals surface area contributed by atoms with Crippen molar-refractivity contribution in [3.8, 4) is 6.07 Å². The van der Waals surface area contributed by atoms with E-state index in [1.807, 2.05) is 54.6 Å². The lowest BCUT2D eigenvalue weighted by Crippen LogP contribution is -2.33. The number of nitrogens with one attached hydrogen (secondary N) is 1. The van der Waals surface area contributed by atoms with Gasteiger partial charge in [-0.3, -0.25) is 4.79 Å². The SMILES string of the molecule is N#Cc1ccccc1N1CCCN(CCC(=O)Nc2ccccc2)CC1. The number of anilines is 2. The molecule has 1 aliphatic rings. The van der Waals surface area contributed by atoms with E-state index in [1.54, 1.807) is 0 Å². The first-order chi connectivity index (χ1) is 12.8. The molecule has 5 heteroatoms. The van der Waals surface area contributed by atoms with Crippen LogP contribution in [-0.4, -0.2) is 43.5 Å². The number of rotatable bonds is 5. The molecule has 0 spiro atoms. The summed E-state index contributed by atoms with van der Waals surface area (Å²) in [5, 5.41) is 12.2. The van der Waals surface area contributed by atoms with Crippen LogP contribution in [-0.2, 0) is 4.79 Å². The Morgan fingerprint density at radius 1 is 1.00 bits per heavy atom. The summed E-state index contributed by atoms with van der Waals surface area (Å²) in [5.41, 5.74) is 2.58. The van der Waals surface area contributed by atoms with E-state index in [0.29, 0.717) is 6.42 Å². The van der Waals surface area contributed by atoms with Crippen molar-refractivity contribution < 1.29 is 4.79 Å². The van der Waals surface area contributed by atoms with Gasteiger partial charge in [-0.05, 0) is 37.2 Å². The van der Waals surface area contributed by atoms with Crippen LogP contribution < -0.4 is 10.2 Å². The first-order valence-electron chi connectivity index (χ1n) is 9.07. The molecule has 0 aliphatic carbocycles. The second-order valence-corrected chi connectivity index (χ2v) is 6.48. The van der Waals surface area contributed by atoms with Crippen molar-refractivity contribution in [3.05, 3.63) is 60.2 Å². The zero-order valence-electron chi connectivity index (χ0n) is 14.9. The second kappa shape index (κ2) is 9.02. The Hall–Kier alpha value is -2.84. The van der Waals surface area contributed by atoms with Gasteiger partial charge in [-0.1, -0.05) is 30.3 Å². The normalized spacial score (nSPS) is 15.1. The van der Waals surface area contributed by atoms with Gasteiger partial charge in [0, 0.05) is 38.3 Å². The van der Waals surface area contributed by atoms with Gasteiger partial charge >= 0.3 is 0 Å². The van der Waals surface area contributed by atoms with Crippen LogP contribution in [0.15, 0.2) is 54.6 Å². The summed E-state index contributed by atoms with van der Waals surface area (Å²) in [4.78, 5) is 16.7. The number of hydrogen-bond acceptors (Lipinski definition) is 4. The van der Waals surface area contributed by atoms with Gasteiger partial charge in [0.25, 0.3) is 0 Å². The summed E-state index contributed by atoms with van der Waals surface area (Å²) < 4.78 is 0. The molecule has 1 saturated heterocycles.